The fourth-order valence-corrected chi connectivity index (χ4v) is 1.50. The molecule has 0 heterocycles. The zero-order valence-electron chi connectivity index (χ0n) is 11.7. The molecular weight excluding hydrogens is 359 g/mol. The molecule has 0 radical (unpaired) electrons. The smallest absolute Gasteiger partial charge is 0.223 e. The van der Waals surface area contributed by atoms with E-state index in [0.717, 1.165) is 38.4 Å². The Kier molecular flexibility index (Phi) is 10.9. The molecule has 1 aliphatic carbocycles. The predicted molar refractivity (Wildman–Crippen MR) is 87.0 cm³/mol. The van der Waals surface area contributed by atoms with Crippen molar-refractivity contribution < 1.29 is 9.53 Å². The highest BCUT2D eigenvalue weighted by molar-refractivity contribution is 14.0. The number of ether oxygens (including phenoxy) is 1. The Morgan fingerprint density at radius 3 is 2.42 bits per heavy atom. The van der Waals surface area contributed by atoms with Crippen molar-refractivity contribution in [3.8, 4) is 0 Å². The molecule has 6 nitrogen and oxygen atoms in total. The number of nitrogens with one attached hydrogen (secondary N) is 3. The lowest BCUT2D eigenvalue weighted by Gasteiger charge is -2.12. The van der Waals surface area contributed by atoms with Gasteiger partial charge in [0, 0.05) is 46.3 Å². The predicted octanol–water partition coefficient (Wildman–Crippen LogP) is 0.332. The van der Waals surface area contributed by atoms with Gasteiger partial charge in [0.2, 0.25) is 5.91 Å². The van der Waals surface area contributed by atoms with Crippen LogP contribution in [0.1, 0.15) is 19.3 Å². The lowest BCUT2D eigenvalue weighted by molar-refractivity contribution is -0.122. The fourth-order valence-electron chi connectivity index (χ4n) is 1.50. The summed E-state index contributed by atoms with van der Waals surface area (Å²) in [6.45, 7) is 2.87. The molecular formula is C12H25IN4O2. The third-order valence-corrected chi connectivity index (χ3v) is 2.71. The lowest BCUT2D eigenvalue weighted by Crippen LogP contribution is -2.42. The number of guanidine groups is 1. The minimum absolute atomic E-state index is 0. The van der Waals surface area contributed by atoms with E-state index in [9.17, 15) is 4.79 Å². The number of nitrogens with zero attached hydrogens (tertiary/aromatic N) is 1. The van der Waals surface area contributed by atoms with Gasteiger partial charge in [-0.3, -0.25) is 9.79 Å². The van der Waals surface area contributed by atoms with Crippen LogP contribution in [-0.2, 0) is 9.53 Å². The number of rotatable bonds is 8. The molecule has 3 N–H and O–H groups in total. The Bertz CT molecular complexity index is 283. The second-order valence-electron chi connectivity index (χ2n) is 4.34. The Morgan fingerprint density at radius 1 is 1.21 bits per heavy atom. The van der Waals surface area contributed by atoms with Gasteiger partial charge in [-0.05, 0) is 19.3 Å². The Balaban J connectivity index is 0.00000324. The number of methoxy groups -OCH3 is 1. The quantitative estimate of drug-likeness (QED) is 0.244. The molecule has 0 atom stereocenters. The van der Waals surface area contributed by atoms with Crippen molar-refractivity contribution in [1.29, 1.82) is 0 Å². The van der Waals surface area contributed by atoms with Gasteiger partial charge in [-0.25, -0.2) is 0 Å². The summed E-state index contributed by atoms with van der Waals surface area (Å²) in [4.78, 5) is 15.5. The van der Waals surface area contributed by atoms with Crippen LogP contribution in [0.4, 0.5) is 0 Å². The van der Waals surface area contributed by atoms with Gasteiger partial charge in [0.25, 0.3) is 0 Å². The zero-order valence-corrected chi connectivity index (χ0v) is 14.0. The second kappa shape index (κ2) is 11.3. The average Bonchev–Trinajstić information content (AvgIpc) is 3.21. The van der Waals surface area contributed by atoms with Crippen molar-refractivity contribution in [2.45, 2.75) is 19.3 Å². The number of carbonyl (C=O) groups excluding carboxylic acids is 1. The lowest BCUT2D eigenvalue weighted by atomic mass is 10.4. The van der Waals surface area contributed by atoms with E-state index in [0.29, 0.717) is 13.1 Å². The highest BCUT2D eigenvalue weighted by atomic mass is 127. The molecule has 0 saturated heterocycles. The summed E-state index contributed by atoms with van der Waals surface area (Å²) in [5.74, 6) is 1.21. The zero-order chi connectivity index (χ0) is 13.2. The molecule has 0 aromatic rings. The van der Waals surface area contributed by atoms with Crippen LogP contribution in [-0.4, -0.2) is 52.3 Å². The Morgan fingerprint density at radius 2 is 1.84 bits per heavy atom. The summed E-state index contributed by atoms with van der Waals surface area (Å²) in [7, 11) is 3.42. The second-order valence-corrected chi connectivity index (χ2v) is 4.34. The molecule has 0 aromatic heterocycles. The molecule has 0 bridgehead atoms. The van der Waals surface area contributed by atoms with E-state index in [-0.39, 0.29) is 35.8 Å². The highest BCUT2D eigenvalue weighted by Crippen LogP contribution is 2.28. The summed E-state index contributed by atoms with van der Waals surface area (Å²) in [6, 6.07) is 0. The average molecular weight is 384 g/mol. The van der Waals surface area contributed by atoms with Crippen LogP contribution in [0, 0.1) is 5.92 Å². The molecule has 7 heteroatoms. The van der Waals surface area contributed by atoms with Crippen LogP contribution in [0.15, 0.2) is 4.99 Å². The first-order chi connectivity index (χ1) is 8.77. The molecule has 0 aromatic carbocycles. The summed E-state index contributed by atoms with van der Waals surface area (Å²) in [5, 5.41) is 9.21. The fraction of sp³-hybridized carbons (Fsp3) is 0.833. The summed E-state index contributed by atoms with van der Waals surface area (Å²) >= 11 is 0. The molecule has 19 heavy (non-hydrogen) atoms. The molecule has 1 aliphatic rings. The normalized spacial score (nSPS) is 14.5. The van der Waals surface area contributed by atoms with Gasteiger partial charge in [-0.15, -0.1) is 24.0 Å². The van der Waals surface area contributed by atoms with Crippen LogP contribution < -0.4 is 16.0 Å². The van der Waals surface area contributed by atoms with Gasteiger partial charge in [-0.2, -0.15) is 0 Å². The van der Waals surface area contributed by atoms with Crippen LogP contribution in [0.2, 0.25) is 0 Å². The topological polar surface area (TPSA) is 74.8 Å². The Labute approximate surface area is 132 Å². The summed E-state index contributed by atoms with van der Waals surface area (Å²) < 4.78 is 4.96. The standard InChI is InChI=1S/C12H24N4O2.HI/c1-13-12(15-6-3-9-18-2)16-8-7-14-11(17)10-4-5-10;/h10H,3-9H2,1-2H3,(H,14,17)(H2,13,15,16);1H. The molecule has 1 fully saturated rings. The number of amides is 1. The van der Waals surface area contributed by atoms with E-state index in [4.69, 9.17) is 4.74 Å². The molecule has 1 saturated carbocycles. The van der Waals surface area contributed by atoms with E-state index in [2.05, 4.69) is 20.9 Å². The van der Waals surface area contributed by atoms with Gasteiger partial charge in [-0.1, -0.05) is 0 Å². The molecule has 1 rings (SSSR count). The third kappa shape index (κ3) is 9.04. The first-order valence-electron chi connectivity index (χ1n) is 6.49. The molecule has 112 valence electrons. The third-order valence-electron chi connectivity index (χ3n) is 2.71. The van der Waals surface area contributed by atoms with Crippen molar-refractivity contribution in [3.05, 3.63) is 0 Å². The minimum Gasteiger partial charge on any atom is -0.385 e. The van der Waals surface area contributed by atoms with E-state index < -0.39 is 0 Å². The van der Waals surface area contributed by atoms with Gasteiger partial charge >= 0.3 is 0 Å². The van der Waals surface area contributed by atoms with Crippen LogP contribution >= 0.6 is 24.0 Å². The van der Waals surface area contributed by atoms with E-state index >= 15 is 0 Å². The minimum atomic E-state index is 0. The van der Waals surface area contributed by atoms with E-state index in [1.807, 2.05) is 0 Å². The van der Waals surface area contributed by atoms with E-state index in [1.165, 1.54) is 0 Å². The monoisotopic (exact) mass is 384 g/mol. The Hall–Kier alpha value is -0.570. The SMILES string of the molecule is CN=C(NCCCOC)NCCNC(=O)C1CC1.I. The number of aliphatic imine (C=N–C) groups is 1. The van der Waals surface area contributed by atoms with Crippen LogP contribution in [0.3, 0.4) is 0 Å². The largest absolute Gasteiger partial charge is 0.385 e. The first-order valence-corrected chi connectivity index (χ1v) is 6.49. The molecule has 0 spiro atoms. The van der Waals surface area contributed by atoms with Gasteiger partial charge in [0.1, 0.15) is 0 Å². The summed E-state index contributed by atoms with van der Waals surface area (Å²) in [6.07, 6.45) is 3.03. The number of halogens is 1. The van der Waals surface area contributed by atoms with Crippen molar-refractivity contribution in [3.63, 3.8) is 0 Å². The number of carbonyl (C=O) groups is 1. The van der Waals surface area contributed by atoms with Gasteiger partial charge in [0.05, 0.1) is 0 Å². The van der Waals surface area contributed by atoms with Crippen LogP contribution in [0.5, 0.6) is 0 Å². The maximum atomic E-state index is 11.4. The highest BCUT2D eigenvalue weighted by Gasteiger charge is 2.28. The van der Waals surface area contributed by atoms with Gasteiger partial charge in [0.15, 0.2) is 5.96 Å². The molecule has 0 unspecified atom stereocenters. The molecule has 1 amide bonds. The maximum Gasteiger partial charge on any atom is 0.223 e. The summed E-state index contributed by atoms with van der Waals surface area (Å²) in [5.41, 5.74) is 0. The van der Waals surface area contributed by atoms with Crippen molar-refractivity contribution in [1.82, 2.24) is 16.0 Å². The van der Waals surface area contributed by atoms with Crippen LogP contribution in [0.25, 0.3) is 0 Å². The van der Waals surface area contributed by atoms with Crippen molar-refractivity contribution in [2.24, 2.45) is 10.9 Å². The maximum absolute atomic E-state index is 11.4. The van der Waals surface area contributed by atoms with E-state index in [1.54, 1.807) is 14.2 Å². The van der Waals surface area contributed by atoms with Gasteiger partial charge < -0.3 is 20.7 Å². The van der Waals surface area contributed by atoms with Crippen molar-refractivity contribution >= 4 is 35.8 Å². The van der Waals surface area contributed by atoms with Crippen molar-refractivity contribution in [2.75, 3.05) is 40.4 Å². The first kappa shape index (κ1) is 18.4. The number of hydrogen-bond donors (Lipinski definition) is 3. The molecule has 0 aliphatic heterocycles. The number of hydrogen-bond acceptors (Lipinski definition) is 3.